The van der Waals surface area contributed by atoms with E-state index in [1.165, 1.54) is 33.9 Å². The summed E-state index contributed by atoms with van der Waals surface area (Å²) in [6, 6.07) is 0. The highest BCUT2D eigenvalue weighted by molar-refractivity contribution is 7.17. The third kappa shape index (κ3) is 3.17. The molecule has 0 aliphatic heterocycles. The standard InChI is InChI=1S/C18H18N4O3S2/c1-2-25-18(24)10-7-26-16-13(10)15(20-8-21-16)22-17-12(14(19)23)9-5-3-4-6-11(9)27-17/h7-8H,2-6H2,1H3,(H2,19,23)(H,20,21,22). The minimum atomic E-state index is -0.446. The lowest BCUT2D eigenvalue weighted by atomic mass is 9.95. The number of carbonyl (C=O) groups excluding carboxylic acids is 2. The number of fused-ring (bicyclic) bond motifs is 2. The summed E-state index contributed by atoms with van der Waals surface area (Å²) in [6.45, 7) is 2.05. The molecule has 0 saturated heterocycles. The van der Waals surface area contributed by atoms with Crippen molar-refractivity contribution < 1.29 is 14.3 Å². The molecule has 0 saturated carbocycles. The van der Waals surface area contributed by atoms with Crippen molar-refractivity contribution in [3.63, 3.8) is 0 Å². The average Bonchev–Trinajstić information content (AvgIpc) is 3.23. The number of anilines is 2. The van der Waals surface area contributed by atoms with Crippen molar-refractivity contribution in [3.8, 4) is 0 Å². The van der Waals surface area contributed by atoms with Gasteiger partial charge in [-0.15, -0.1) is 22.7 Å². The number of aromatic nitrogens is 2. The van der Waals surface area contributed by atoms with Gasteiger partial charge in [-0.25, -0.2) is 14.8 Å². The monoisotopic (exact) mass is 402 g/mol. The van der Waals surface area contributed by atoms with Gasteiger partial charge in [0.1, 0.15) is 22.0 Å². The molecule has 4 rings (SSSR count). The van der Waals surface area contributed by atoms with E-state index < -0.39 is 11.9 Å². The van der Waals surface area contributed by atoms with Crippen LogP contribution in [0.5, 0.6) is 0 Å². The first kappa shape index (κ1) is 17.9. The van der Waals surface area contributed by atoms with Crippen LogP contribution in [0.4, 0.5) is 10.8 Å². The quantitative estimate of drug-likeness (QED) is 0.631. The van der Waals surface area contributed by atoms with Crippen LogP contribution in [-0.2, 0) is 17.6 Å². The molecule has 1 aliphatic rings. The molecule has 1 aliphatic carbocycles. The maximum absolute atomic E-state index is 12.3. The Morgan fingerprint density at radius 3 is 2.89 bits per heavy atom. The largest absolute Gasteiger partial charge is 0.462 e. The summed E-state index contributed by atoms with van der Waals surface area (Å²) < 4.78 is 5.14. The van der Waals surface area contributed by atoms with Crippen molar-refractivity contribution in [2.45, 2.75) is 32.6 Å². The molecule has 1 amide bonds. The minimum absolute atomic E-state index is 0.288. The van der Waals surface area contributed by atoms with Crippen LogP contribution in [0.3, 0.4) is 0 Å². The fourth-order valence-corrected chi connectivity index (χ4v) is 5.52. The van der Waals surface area contributed by atoms with Gasteiger partial charge in [-0.2, -0.15) is 0 Å². The smallest absolute Gasteiger partial charge is 0.339 e. The molecule has 3 N–H and O–H groups in total. The lowest BCUT2D eigenvalue weighted by Gasteiger charge is -2.11. The molecule has 3 heterocycles. The van der Waals surface area contributed by atoms with Gasteiger partial charge in [0.15, 0.2) is 0 Å². The van der Waals surface area contributed by atoms with E-state index >= 15 is 0 Å². The molecule has 3 aromatic heterocycles. The second-order valence-corrected chi connectivity index (χ2v) is 8.14. The van der Waals surface area contributed by atoms with Crippen LogP contribution in [-0.4, -0.2) is 28.5 Å². The summed E-state index contributed by atoms with van der Waals surface area (Å²) in [5.41, 5.74) is 7.67. The number of nitrogens with one attached hydrogen (secondary N) is 1. The third-order valence-electron chi connectivity index (χ3n) is 4.52. The lowest BCUT2D eigenvalue weighted by molar-refractivity contribution is 0.0529. The minimum Gasteiger partial charge on any atom is -0.462 e. The van der Waals surface area contributed by atoms with E-state index in [2.05, 4.69) is 15.3 Å². The van der Waals surface area contributed by atoms with E-state index in [1.807, 2.05) is 0 Å². The van der Waals surface area contributed by atoms with Crippen molar-refractivity contribution in [3.05, 3.63) is 33.3 Å². The van der Waals surface area contributed by atoms with Gasteiger partial charge in [-0.1, -0.05) is 0 Å². The van der Waals surface area contributed by atoms with Crippen LogP contribution < -0.4 is 11.1 Å². The molecule has 0 unspecified atom stereocenters. The predicted octanol–water partition coefficient (Wildman–Crippen LogP) is 3.65. The molecule has 9 heteroatoms. The van der Waals surface area contributed by atoms with Gasteiger partial charge in [0.05, 0.1) is 23.1 Å². The van der Waals surface area contributed by atoms with Crippen LogP contribution in [0.15, 0.2) is 11.7 Å². The Morgan fingerprint density at radius 2 is 2.11 bits per heavy atom. The van der Waals surface area contributed by atoms with Gasteiger partial charge >= 0.3 is 5.97 Å². The van der Waals surface area contributed by atoms with Crippen LogP contribution in [0.2, 0.25) is 0 Å². The summed E-state index contributed by atoms with van der Waals surface area (Å²) in [5, 5.41) is 6.24. The Bertz CT molecular complexity index is 1040. The summed E-state index contributed by atoms with van der Waals surface area (Å²) in [7, 11) is 0. The molecule has 0 atom stereocenters. The van der Waals surface area contributed by atoms with Crippen LogP contribution >= 0.6 is 22.7 Å². The van der Waals surface area contributed by atoms with E-state index in [0.717, 1.165) is 31.2 Å². The topological polar surface area (TPSA) is 107 Å². The first-order valence-electron chi connectivity index (χ1n) is 8.70. The number of carbonyl (C=O) groups is 2. The van der Waals surface area contributed by atoms with Gasteiger partial charge in [0.2, 0.25) is 0 Å². The van der Waals surface area contributed by atoms with Gasteiger partial charge < -0.3 is 15.8 Å². The van der Waals surface area contributed by atoms with E-state index in [9.17, 15) is 9.59 Å². The summed E-state index contributed by atoms with van der Waals surface area (Å²) in [5.74, 6) is -0.384. The van der Waals surface area contributed by atoms with E-state index in [0.29, 0.717) is 32.2 Å². The number of aryl methyl sites for hydroxylation is 1. The second-order valence-electron chi connectivity index (χ2n) is 6.18. The molecule has 7 nitrogen and oxygen atoms in total. The van der Waals surface area contributed by atoms with Crippen molar-refractivity contribution in [1.82, 2.24) is 9.97 Å². The van der Waals surface area contributed by atoms with E-state index in [-0.39, 0.29) is 6.61 Å². The van der Waals surface area contributed by atoms with Gasteiger partial charge in [-0.05, 0) is 38.2 Å². The number of thiophene rings is 2. The van der Waals surface area contributed by atoms with Crippen LogP contribution in [0, 0.1) is 0 Å². The van der Waals surface area contributed by atoms with Crippen LogP contribution in [0.1, 0.15) is 50.9 Å². The Morgan fingerprint density at radius 1 is 1.30 bits per heavy atom. The maximum Gasteiger partial charge on any atom is 0.339 e. The number of amides is 1. The first-order chi connectivity index (χ1) is 13.1. The predicted molar refractivity (Wildman–Crippen MR) is 106 cm³/mol. The van der Waals surface area contributed by atoms with Gasteiger partial charge in [-0.3, -0.25) is 4.79 Å². The average molecular weight is 403 g/mol. The zero-order valence-electron chi connectivity index (χ0n) is 14.7. The molecule has 0 bridgehead atoms. The van der Waals surface area contributed by atoms with E-state index in [1.54, 1.807) is 12.3 Å². The van der Waals surface area contributed by atoms with Crippen molar-refractivity contribution >= 4 is 55.6 Å². The normalized spacial score (nSPS) is 13.4. The van der Waals surface area contributed by atoms with E-state index in [4.69, 9.17) is 10.5 Å². The fourth-order valence-electron chi connectivity index (χ4n) is 3.35. The highest BCUT2D eigenvalue weighted by atomic mass is 32.1. The van der Waals surface area contributed by atoms with Crippen LogP contribution in [0.25, 0.3) is 10.2 Å². The molecule has 27 heavy (non-hydrogen) atoms. The fraction of sp³-hybridized carbons (Fsp3) is 0.333. The Kier molecular flexibility index (Phi) is 4.79. The zero-order valence-corrected chi connectivity index (χ0v) is 16.3. The SMILES string of the molecule is CCOC(=O)c1csc2ncnc(Nc3sc4c(c3C(N)=O)CCCC4)c12. The number of rotatable bonds is 5. The molecule has 0 aromatic carbocycles. The Labute approximate surface area is 163 Å². The molecule has 140 valence electrons. The molecule has 0 spiro atoms. The summed E-state index contributed by atoms with van der Waals surface area (Å²) >= 11 is 2.89. The second kappa shape index (κ2) is 7.24. The van der Waals surface area contributed by atoms with Crippen molar-refractivity contribution in [1.29, 1.82) is 0 Å². The lowest BCUT2D eigenvalue weighted by Crippen LogP contribution is -2.15. The molecular weight excluding hydrogens is 384 g/mol. The highest BCUT2D eigenvalue weighted by Gasteiger charge is 2.25. The molecule has 0 fully saturated rings. The number of hydrogen-bond donors (Lipinski definition) is 2. The molecule has 3 aromatic rings. The number of nitrogens with zero attached hydrogens (tertiary/aromatic N) is 2. The zero-order chi connectivity index (χ0) is 19.0. The van der Waals surface area contributed by atoms with Gasteiger partial charge in [0, 0.05) is 10.3 Å². The Hall–Kier alpha value is -2.52. The summed E-state index contributed by atoms with van der Waals surface area (Å²) in [4.78, 5) is 34.8. The maximum atomic E-state index is 12.3. The van der Waals surface area contributed by atoms with Crippen molar-refractivity contribution in [2.75, 3.05) is 11.9 Å². The first-order valence-corrected chi connectivity index (χ1v) is 10.4. The number of nitrogens with two attached hydrogens (primary N) is 1. The molecular formula is C18H18N4O3S2. The molecule has 0 radical (unpaired) electrons. The van der Waals surface area contributed by atoms with Gasteiger partial charge in [0.25, 0.3) is 5.91 Å². The highest BCUT2D eigenvalue weighted by Crippen LogP contribution is 2.40. The third-order valence-corrected chi connectivity index (χ3v) is 6.61. The van der Waals surface area contributed by atoms with Crippen molar-refractivity contribution in [2.24, 2.45) is 5.73 Å². The summed E-state index contributed by atoms with van der Waals surface area (Å²) in [6.07, 6.45) is 5.41. The number of primary amides is 1. The number of esters is 1. The number of ether oxygens (including phenoxy) is 1. The Balaban J connectivity index is 1.81. The number of hydrogen-bond acceptors (Lipinski definition) is 8.